The SMILES string of the molecule is O=S(=O)(NCc1nccc(N2CCCC2)n1)c1ccccc1Br. The molecule has 122 valence electrons. The van der Waals surface area contributed by atoms with Crippen LogP contribution in [0.25, 0.3) is 0 Å². The summed E-state index contributed by atoms with van der Waals surface area (Å²) in [6.07, 6.45) is 3.99. The van der Waals surface area contributed by atoms with Gasteiger partial charge in [-0.1, -0.05) is 12.1 Å². The second-order valence-electron chi connectivity index (χ2n) is 5.28. The van der Waals surface area contributed by atoms with E-state index in [1.54, 1.807) is 30.5 Å². The van der Waals surface area contributed by atoms with Gasteiger partial charge in [-0.2, -0.15) is 0 Å². The molecule has 1 fully saturated rings. The number of nitrogens with zero attached hydrogens (tertiary/aromatic N) is 3. The van der Waals surface area contributed by atoms with Crippen LogP contribution in [0.3, 0.4) is 0 Å². The topological polar surface area (TPSA) is 75.2 Å². The van der Waals surface area contributed by atoms with E-state index in [-0.39, 0.29) is 11.4 Å². The van der Waals surface area contributed by atoms with Crippen LogP contribution >= 0.6 is 15.9 Å². The Balaban J connectivity index is 1.73. The maximum Gasteiger partial charge on any atom is 0.242 e. The maximum atomic E-state index is 12.4. The van der Waals surface area contributed by atoms with Crippen LogP contribution in [-0.2, 0) is 16.6 Å². The van der Waals surface area contributed by atoms with Crippen molar-refractivity contribution in [2.24, 2.45) is 0 Å². The third-order valence-corrected chi connectivity index (χ3v) is 6.08. The first-order valence-electron chi connectivity index (χ1n) is 7.37. The molecule has 1 saturated heterocycles. The lowest BCUT2D eigenvalue weighted by Gasteiger charge is -2.16. The van der Waals surface area contributed by atoms with Crippen molar-refractivity contribution in [1.82, 2.24) is 14.7 Å². The number of halogens is 1. The quantitative estimate of drug-likeness (QED) is 0.838. The number of rotatable bonds is 5. The Morgan fingerprint density at radius 2 is 1.91 bits per heavy atom. The lowest BCUT2D eigenvalue weighted by Crippen LogP contribution is -2.25. The molecule has 0 atom stereocenters. The highest BCUT2D eigenvalue weighted by atomic mass is 79.9. The Labute approximate surface area is 144 Å². The van der Waals surface area contributed by atoms with Gasteiger partial charge >= 0.3 is 0 Å². The van der Waals surface area contributed by atoms with Gasteiger partial charge in [-0.3, -0.25) is 0 Å². The molecule has 1 aromatic carbocycles. The number of hydrogen-bond acceptors (Lipinski definition) is 5. The lowest BCUT2D eigenvalue weighted by molar-refractivity contribution is 0.578. The third kappa shape index (κ3) is 3.88. The van der Waals surface area contributed by atoms with E-state index in [0.29, 0.717) is 10.3 Å². The van der Waals surface area contributed by atoms with E-state index in [1.807, 2.05) is 6.07 Å². The fourth-order valence-corrected chi connectivity index (χ4v) is 4.48. The number of sulfonamides is 1. The van der Waals surface area contributed by atoms with Crippen LogP contribution in [0, 0.1) is 0 Å². The molecule has 2 heterocycles. The van der Waals surface area contributed by atoms with Crippen molar-refractivity contribution in [2.45, 2.75) is 24.3 Å². The number of anilines is 1. The first-order valence-corrected chi connectivity index (χ1v) is 9.65. The number of aromatic nitrogens is 2. The van der Waals surface area contributed by atoms with E-state index < -0.39 is 10.0 Å². The molecule has 0 radical (unpaired) electrons. The monoisotopic (exact) mass is 396 g/mol. The molecule has 0 bridgehead atoms. The summed E-state index contributed by atoms with van der Waals surface area (Å²) in [5.74, 6) is 1.32. The van der Waals surface area contributed by atoms with E-state index in [4.69, 9.17) is 0 Å². The van der Waals surface area contributed by atoms with Crippen LogP contribution in [0.15, 0.2) is 45.9 Å². The Kier molecular flexibility index (Phi) is 4.93. The molecule has 0 unspecified atom stereocenters. The molecule has 0 aliphatic carbocycles. The summed E-state index contributed by atoms with van der Waals surface area (Å²) in [6, 6.07) is 8.56. The second kappa shape index (κ2) is 6.94. The fourth-order valence-electron chi connectivity index (χ4n) is 2.50. The van der Waals surface area contributed by atoms with Crippen molar-refractivity contribution in [3.8, 4) is 0 Å². The van der Waals surface area contributed by atoms with Crippen LogP contribution in [0.4, 0.5) is 5.82 Å². The maximum absolute atomic E-state index is 12.4. The van der Waals surface area contributed by atoms with Crippen molar-refractivity contribution in [1.29, 1.82) is 0 Å². The molecule has 3 rings (SSSR count). The highest BCUT2D eigenvalue weighted by molar-refractivity contribution is 9.10. The normalized spacial score (nSPS) is 15.1. The van der Waals surface area contributed by atoms with Gasteiger partial charge in [0.05, 0.1) is 11.4 Å². The Hall–Kier alpha value is -1.51. The minimum Gasteiger partial charge on any atom is -0.357 e. The average Bonchev–Trinajstić information content (AvgIpc) is 3.08. The predicted octanol–water partition coefficient (Wildman–Crippen LogP) is 2.32. The fraction of sp³-hybridized carbons (Fsp3) is 0.333. The van der Waals surface area contributed by atoms with Crippen LogP contribution < -0.4 is 9.62 Å². The summed E-state index contributed by atoms with van der Waals surface area (Å²) in [7, 11) is -3.61. The largest absolute Gasteiger partial charge is 0.357 e. The molecular formula is C15H17BrN4O2S. The van der Waals surface area contributed by atoms with E-state index in [2.05, 4.69) is 35.5 Å². The summed E-state index contributed by atoms with van der Waals surface area (Å²) in [5.41, 5.74) is 0. The zero-order valence-corrected chi connectivity index (χ0v) is 14.8. The summed E-state index contributed by atoms with van der Waals surface area (Å²) in [4.78, 5) is 11.0. The van der Waals surface area contributed by atoms with Gasteiger partial charge in [0, 0.05) is 23.8 Å². The molecule has 1 aliphatic heterocycles. The van der Waals surface area contributed by atoms with Crippen molar-refractivity contribution < 1.29 is 8.42 Å². The summed E-state index contributed by atoms with van der Waals surface area (Å²) < 4.78 is 27.8. The highest BCUT2D eigenvalue weighted by Crippen LogP contribution is 2.21. The van der Waals surface area contributed by atoms with Gasteiger partial charge < -0.3 is 4.90 Å². The first-order chi connectivity index (χ1) is 11.1. The van der Waals surface area contributed by atoms with Crippen LogP contribution in [0.2, 0.25) is 0 Å². The van der Waals surface area contributed by atoms with Gasteiger partial charge in [0.15, 0.2) is 0 Å². The molecule has 0 amide bonds. The smallest absolute Gasteiger partial charge is 0.242 e. The molecule has 0 saturated carbocycles. The Morgan fingerprint density at radius 3 is 2.65 bits per heavy atom. The minimum absolute atomic E-state index is 0.0609. The molecule has 8 heteroatoms. The third-order valence-electron chi connectivity index (χ3n) is 3.67. The summed E-state index contributed by atoms with van der Waals surface area (Å²) in [5, 5.41) is 0. The van der Waals surface area contributed by atoms with Crippen molar-refractivity contribution in [2.75, 3.05) is 18.0 Å². The zero-order chi connectivity index (χ0) is 16.3. The predicted molar refractivity (Wildman–Crippen MR) is 91.6 cm³/mol. The van der Waals surface area contributed by atoms with Crippen LogP contribution in [0.5, 0.6) is 0 Å². The minimum atomic E-state index is -3.61. The van der Waals surface area contributed by atoms with Crippen molar-refractivity contribution in [3.05, 3.63) is 46.8 Å². The van der Waals surface area contributed by atoms with Gasteiger partial charge in [0.2, 0.25) is 10.0 Å². The van der Waals surface area contributed by atoms with Gasteiger partial charge in [-0.15, -0.1) is 0 Å². The van der Waals surface area contributed by atoms with E-state index in [1.165, 1.54) is 0 Å². The molecule has 0 spiro atoms. The average molecular weight is 397 g/mol. The van der Waals surface area contributed by atoms with Gasteiger partial charge in [-0.25, -0.2) is 23.1 Å². The molecule has 23 heavy (non-hydrogen) atoms. The van der Waals surface area contributed by atoms with E-state index in [0.717, 1.165) is 31.7 Å². The Morgan fingerprint density at radius 1 is 1.17 bits per heavy atom. The standard InChI is InChI=1S/C15H17BrN4O2S/c16-12-5-1-2-6-13(12)23(21,22)18-11-14-17-8-7-15(19-14)20-9-3-4-10-20/h1-2,5-8,18H,3-4,9-11H2. The lowest BCUT2D eigenvalue weighted by atomic mass is 10.4. The Bertz CT molecular complexity index is 792. The van der Waals surface area contributed by atoms with Crippen LogP contribution in [0.1, 0.15) is 18.7 Å². The molecule has 1 aliphatic rings. The van der Waals surface area contributed by atoms with Gasteiger partial charge in [-0.05, 0) is 47.0 Å². The second-order valence-corrected chi connectivity index (χ2v) is 7.87. The summed E-state index contributed by atoms with van der Waals surface area (Å²) >= 11 is 3.26. The first kappa shape index (κ1) is 16.4. The summed E-state index contributed by atoms with van der Waals surface area (Å²) in [6.45, 7) is 2.03. The highest BCUT2D eigenvalue weighted by Gasteiger charge is 2.18. The van der Waals surface area contributed by atoms with Crippen molar-refractivity contribution in [3.63, 3.8) is 0 Å². The van der Waals surface area contributed by atoms with Gasteiger partial charge in [0.1, 0.15) is 11.6 Å². The van der Waals surface area contributed by atoms with Crippen molar-refractivity contribution >= 4 is 31.8 Å². The van der Waals surface area contributed by atoms with Gasteiger partial charge in [0.25, 0.3) is 0 Å². The van der Waals surface area contributed by atoms with E-state index in [9.17, 15) is 8.42 Å². The van der Waals surface area contributed by atoms with E-state index >= 15 is 0 Å². The molecule has 6 nitrogen and oxygen atoms in total. The number of benzene rings is 1. The molecule has 1 N–H and O–H groups in total. The molecule has 2 aromatic rings. The number of hydrogen-bond donors (Lipinski definition) is 1. The molecular weight excluding hydrogens is 380 g/mol. The zero-order valence-electron chi connectivity index (χ0n) is 12.4. The molecule has 1 aromatic heterocycles. The van der Waals surface area contributed by atoms with Crippen LogP contribution in [-0.4, -0.2) is 31.5 Å². The number of nitrogens with one attached hydrogen (secondary N) is 1.